The van der Waals surface area contributed by atoms with Crippen molar-refractivity contribution in [2.45, 2.75) is 50.4 Å². The Bertz CT molecular complexity index is 443. The van der Waals surface area contributed by atoms with E-state index in [1.807, 2.05) is 25.1 Å². The van der Waals surface area contributed by atoms with Gasteiger partial charge in [-0.25, -0.2) is 0 Å². The van der Waals surface area contributed by atoms with Gasteiger partial charge < -0.3 is 14.6 Å². The minimum atomic E-state index is -0.747. The summed E-state index contributed by atoms with van der Waals surface area (Å²) in [5.74, 6) is 0.808. The van der Waals surface area contributed by atoms with Crippen LogP contribution in [0.4, 0.5) is 0 Å². The molecule has 2 atom stereocenters. The van der Waals surface area contributed by atoms with E-state index in [1.165, 1.54) is 0 Å². The molecule has 2 unspecified atom stereocenters. The molecule has 2 aliphatic heterocycles. The Balaban J connectivity index is 1.98. The molecular formula is C15H20O3. The minimum Gasteiger partial charge on any atom is -0.497 e. The van der Waals surface area contributed by atoms with Crippen molar-refractivity contribution in [1.29, 1.82) is 0 Å². The van der Waals surface area contributed by atoms with Crippen molar-refractivity contribution in [2.24, 2.45) is 0 Å². The van der Waals surface area contributed by atoms with Crippen molar-refractivity contribution < 1.29 is 14.6 Å². The van der Waals surface area contributed by atoms with Crippen LogP contribution in [0, 0.1) is 6.92 Å². The van der Waals surface area contributed by atoms with Gasteiger partial charge in [0, 0.05) is 12.8 Å². The van der Waals surface area contributed by atoms with E-state index < -0.39 is 5.60 Å². The minimum absolute atomic E-state index is 0.222. The normalized spacial score (nSPS) is 34.6. The molecule has 3 nitrogen and oxygen atoms in total. The van der Waals surface area contributed by atoms with E-state index in [4.69, 9.17) is 9.47 Å². The highest BCUT2D eigenvalue weighted by Gasteiger charge is 2.45. The number of methoxy groups -OCH3 is 1. The largest absolute Gasteiger partial charge is 0.497 e. The van der Waals surface area contributed by atoms with Crippen LogP contribution in [0.2, 0.25) is 0 Å². The average Bonchev–Trinajstić information content (AvgIpc) is 2.70. The average molecular weight is 248 g/mol. The summed E-state index contributed by atoms with van der Waals surface area (Å²) in [4.78, 5) is 0. The van der Waals surface area contributed by atoms with E-state index in [-0.39, 0.29) is 12.2 Å². The quantitative estimate of drug-likeness (QED) is 0.874. The summed E-state index contributed by atoms with van der Waals surface area (Å²) in [6.07, 6.45) is 4.01. The molecule has 0 aromatic heterocycles. The number of aryl methyl sites for hydroxylation is 1. The van der Waals surface area contributed by atoms with E-state index in [0.29, 0.717) is 12.8 Å². The Labute approximate surface area is 108 Å². The van der Waals surface area contributed by atoms with E-state index in [1.54, 1.807) is 7.11 Å². The van der Waals surface area contributed by atoms with E-state index >= 15 is 0 Å². The smallest absolute Gasteiger partial charge is 0.119 e. The lowest BCUT2D eigenvalue weighted by Gasteiger charge is -2.37. The van der Waals surface area contributed by atoms with Crippen LogP contribution in [-0.4, -0.2) is 24.4 Å². The summed E-state index contributed by atoms with van der Waals surface area (Å²) >= 11 is 0. The number of hydrogen-bond acceptors (Lipinski definition) is 3. The lowest BCUT2D eigenvalue weighted by Crippen LogP contribution is -2.39. The number of hydrogen-bond donors (Lipinski definition) is 1. The van der Waals surface area contributed by atoms with Gasteiger partial charge in [-0.15, -0.1) is 0 Å². The molecule has 2 fully saturated rings. The standard InChI is InChI=1S/C15H20O3/c1-10-3-4-11(17-2)7-14(10)15(16)8-12-5-6-13(9-15)18-12/h3-4,7,12-13,16H,5-6,8-9H2,1-2H3. The lowest BCUT2D eigenvalue weighted by atomic mass is 9.81. The van der Waals surface area contributed by atoms with Crippen LogP contribution in [0.1, 0.15) is 36.8 Å². The van der Waals surface area contributed by atoms with Gasteiger partial charge in [-0.05, 0) is 43.0 Å². The first-order valence-corrected chi connectivity index (χ1v) is 6.64. The van der Waals surface area contributed by atoms with Gasteiger partial charge in [0.2, 0.25) is 0 Å². The van der Waals surface area contributed by atoms with E-state index in [0.717, 1.165) is 29.7 Å². The first kappa shape index (κ1) is 12.0. The third kappa shape index (κ3) is 1.91. The number of rotatable bonds is 2. The molecule has 1 N–H and O–H groups in total. The van der Waals surface area contributed by atoms with Crippen molar-refractivity contribution in [3.63, 3.8) is 0 Å². The second-order valence-electron chi connectivity index (χ2n) is 5.58. The monoisotopic (exact) mass is 248 g/mol. The molecule has 3 heteroatoms. The molecule has 98 valence electrons. The van der Waals surface area contributed by atoms with Gasteiger partial charge in [0.05, 0.1) is 24.9 Å². The molecule has 2 aliphatic rings. The number of fused-ring (bicyclic) bond motifs is 2. The molecule has 3 rings (SSSR count). The van der Waals surface area contributed by atoms with Gasteiger partial charge in [0.25, 0.3) is 0 Å². The summed E-state index contributed by atoms with van der Waals surface area (Å²) < 4.78 is 11.1. The Morgan fingerprint density at radius 1 is 1.28 bits per heavy atom. The molecule has 0 amide bonds. The predicted molar refractivity (Wildman–Crippen MR) is 68.8 cm³/mol. The summed E-state index contributed by atoms with van der Waals surface area (Å²) in [6, 6.07) is 5.93. The Kier molecular flexibility index (Phi) is 2.83. The first-order chi connectivity index (χ1) is 8.60. The maximum atomic E-state index is 11.0. The van der Waals surface area contributed by atoms with Gasteiger partial charge in [-0.2, -0.15) is 0 Å². The van der Waals surface area contributed by atoms with E-state index in [9.17, 15) is 5.11 Å². The van der Waals surface area contributed by atoms with Gasteiger partial charge in [0.15, 0.2) is 0 Å². The maximum Gasteiger partial charge on any atom is 0.119 e. The molecule has 0 saturated carbocycles. The number of benzene rings is 1. The van der Waals surface area contributed by atoms with Gasteiger partial charge in [-0.1, -0.05) is 6.07 Å². The summed E-state index contributed by atoms with van der Waals surface area (Å²) in [5, 5.41) is 11.0. The molecular weight excluding hydrogens is 228 g/mol. The molecule has 2 heterocycles. The van der Waals surface area contributed by atoms with Crippen LogP contribution in [-0.2, 0) is 10.3 Å². The SMILES string of the molecule is COc1ccc(C)c(C2(O)CC3CCC(C2)O3)c1. The van der Waals surface area contributed by atoms with Crippen LogP contribution in [0.15, 0.2) is 18.2 Å². The highest BCUT2D eigenvalue weighted by atomic mass is 16.5. The van der Waals surface area contributed by atoms with Crippen molar-refractivity contribution in [1.82, 2.24) is 0 Å². The topological polar surface area (TPSA) is 38.7 Å². The molecule has 2 saturated heterocycles. The fourth-order valence-corrected chi connectivity index (χ4v) is 3.37. The van der Waals surface area contributed by atoms with E-state index in [2.05, 4.69) is 0 Å². The Morgan fingerprint density at radius 3 is 2.56 bits per heavy atom. The molecule has 0 spiro atoms. The number of aliphatic hydroxyl groups is 1. The molecule has 0 radical (unpaired) electrons. The van der Waals surface area contributed by atoms with Crippen LogP contribution in [0.3, 0.4) is 0 Å². The second-order valence-corrected chi connectivity index (χ2v) is 5.58. The van der Waals surface area contributed by atoms with Crippen molar-refractivity contribution in [3.8, 4) is 5.75 Å². The summed E-state index contributed by atoms with van der Waals surface area (Å²) in [6.45, 7) is 2.05. The zero-order chi connectivity index (χ0) is 12.8. The van der Waals surface area contributed by atoms with Crippen LogP contribution < -0.4 is 4.74 Å². The van der Waals surface area contributed by atoms with Gasteiger partial charge in [-0.3, -0.25) is 0 Å². The highest BCUT2D eigenvalue weighted by Crippen LogP contribution is 2.45. The van der Waals surface area contributed by atoms with Crippen molar-refractivity contribution in [2.75, 3.05) is 7.11 Å². The first-order valence-electron chi connectivity index (χ1n) is 6.64. The zero-order valence-electron chi connectivity index (χ0n) is 11.0. The third-order valence-corrected chi connectivity index (χ3v) is 4.27. The zero-order valence-corrected chi connectivity index (χ0v) is 11.0. The fraction of sp³-hybridized carbons (Fsp3) is 0.600. The van der Waals surface area contributed by atoms with Gasteiger partial charge >= 0.3 is 0 Å². The fourth-order valence-electron chi connectivity index (χ4n) is 3.37. The predicted octanol–water partition coefficient (Wildman–Crippen LogP) is 2.53. The van der Waals surface area contributed by atoms with Crippen molar-refractivity contribution in [3.05, 3.63) is 29.3 Å². The van der Waals surface area contributed by atoms with Crippen LogP contribution >= 0.6 is 0 Å². The maximum absolute atomic E-state index is 11.0. The molecule has 0 aliphatic carbocycles. The van der Waals surface area contributed by atoms with Crippen LogP contribution in [0.5, 0.6) is 5.75 Å². The molecule has 1 aromatic carbocycles. The molecule has 1 aromatic rings. The van der Waals surface area contributed by atoms with Crippen LogP contribution in [0.25, 0.3) is 0 Å². The number of ether oxygens (including phenoxy) is 2. The van der Waals surface area contributed by atoms with Gasteiger partial charge in [0.1, 0.15) is 5.75 Å². The molecule has 18 heavy (non-hydrogen) atoms. The Morgan fingerprint density at radius 2 is 1.94 bits per heavy atom. The third-order valence-electron chi connectivity index (χ3n) is 4.27. The second kappa shape index (κ2) is 4.25. The lowest BCUT2D eigenvalue weighted by molar-refractivity contribution is -0.115. The summed E-state index contributed by atoms with van der Waals surface area (Å²) in [5.41, 5.74) is 1.38. The van der Waals surface area contributed by atoms with Crippen molar-refractivity contribution >= 4 is 0 Å². The summed E-state index contributed by atoms with van der Waals surface area (Å²) in [7, 11) is 1.66. The molecule has 2 bridgehead atoms. The highest BCUT2D eigenvalue weighted by molar-refractivity contribution is 5.39. The Hall–Kier alpha value is -1.06.